The van der Waals surface area contributed by atoms with Gasteiger partial charge in [0.2, 0.25) is 10.0 Å². The molecule has 15 heavy (non-hydrogen) atoms. The minimum atomic E-state index is -3.76. The summed E-state index contributed by atoms with van der Waals surface area (Å²) < 4.78 is 24.7. The van der Waals surface area contributed by atoms with Crippen molar-refractivity contribution in [1.29, 1.82) is 0 Å². The lowest BCUT2D eigenvalue weighted by Gasteiger charge is -2.03. The average molecular weight is 228 g/mol. The summed E-state index contributed by atoms with van der Waals surface area (Å²) in [7, 11) is -3.76. The van der Waals surface area contributed by atoms with Crippen molar-refractivity contribution in [2.75, 3.05) is 0 Å². The molecular weight excluding hydrogens is 218 g/mol. The second-order valence-corrected chi connectivity index (χ2v) is 4.63. The van der Waals surface area contributed by atoms with Gasteiger partial charge in [0.1, 0.15) is 6.54 Å². The molecule has 2 N–H and O–H groups in total. The predicted octanol–water partition coefficient (Wildman–Crippen LogP) is 0.520. The van der Waals surface area contributed by atoms with Gasteiger partial charge in [-0.25, -0.2) is 8.42 Å². The van der Waals surface area contributed by atoms with Crippen molar-refractivity contribution in [2.24, 2.45) is 0 Å². The molecule has 0 fully saturated rings. The van der Waals surface area contributed by atoms with Gasteiger partial charge in [0.25, 0.3) is 0 Å². The minimum absolute atomic E-state index is 0.0330. The van der Waals surface area contributed by atoms with Gasteiger partial charge in [-0.1, -0.05) is 17.7 Å². The van der Waals surface area contributed by atoms with Crippen molar-refractivity contribution in [1.82, 2.24) is 4.72 Å². The smallest absolute Gasteiger partial charge is 0.324 e. The van der Waals surface area contributed by atoms with Crippen LogP contribution in [-0.2, 0) is 14.8 Å². The lowest BCUT2D eigenvalue weighted by atomic mass is 10.2. The molecule has 1 radical (unpaired) electrons. The normalized spacial score (nSPS) is 11.3. The number of carbonyl (C=O) groups is 1. The number of sulfonamides is 1. The van der Waals surface area contributed by atoms with Crippen LogP contribution in [0.3, 0.4) is 0 Å². The summed E-state index contributed by atoms with van der Waals surface area (Å²) in [6, 6.07) is 6.09. The van der Waals surface area contributed by atoms with Crippen LogP contribution in [0.4, 0.5) is 0 Å². The first-order valence-electron chi connectivity index (χ1n) is 4.07. The summed E-state index contributed by atoms with van der Waals surface area (Å²) in [6.07, 6.45) is 0. The number of benzene rings is 1. The van der Waals surface area contributed by atoms with Crippen molar-refractivity contribution in [3.05, 3.63) is 36.4 Å². The Morgan fingerprint density at radius 3 is 2.33 bits per heavy atom. The summed E-state index contributed by atoms with van der Waals surface area (Å²) in [5.41, 5.74) is 0.927. The van der Waals surface area contributed by atoms with Crippen LogP contribution < -0.4 is 4.72 Å². The maximum Gasteiger partial charge on any atom is 0.324 e. The van der Waals surface area contributed by atoms with E-state index < -0.39 is 16.0 Å². The maximum atomic E-state index is 11.4. The van der Waals surface area contributed by atoms with E-state index in [9.17, 15) is 13.2 Å². The Labute approximate surface area is 87.8 Å². The van der Waals surface area contributed by atoms with E-state index in [1.807, 2.05) is 11.6 Å². The molecule has 0 unspecified atom stereocenters. The van der Waals surface area contributed by atoms with Gasteiger partial charge in [-0.15, -0.1) is 0 Å². The number of aliphatic carboxylic acids is 1. The molecule has 0 aromatic heterocycles. The standard InChI is InChI=1S/C9H10NO4S/c1-7-2-4-8(5-3-7)15(13,14)10-6-9(11)12/h2-6,10H,1H3,(H,11,12). The molecule has 1 aromatic carbocycles. The van der Waals surface area contributed by atoms with Crippen LogP contribution in [0.2, 0.25) is 0 Å². The summed E-state index contributed by atoms with van der Waals surface area (Å²) in [6.45, 7) is 2.31. The summed E-state index contributed by atoms with van der Waals surface area (Å²) in [5, 5.41) is 8.29. The zero-order valence-electron chi connectivity index (χ0n) is 7.97. The van der Waals surface area contributed by atoms with E-state index in [0.717, 1.165) is 5.56 Å². The number of hydrogen-bond donors (Lipinski definition) is 2. The zero-order chi connectivity index (χ0) is 11.5. The molecule has 0 aliphatic carbocycles. The fraction of sp³-hybridized carbons (Fsp3) is 0.111. The first-order chi connectivity index (χ1) is 6.92. The van der Waals surface area contributed by atoms with Crippen molar-refractivity contribution in [2.45, 2.75) is 11.8 Å². The van der Waals surface area contributed by atoms with E-state index in [-0.39, 0.29) is 4.90 Å². The Hall–Kier alpha value is -1.40. The van der Waals surface area contributed by atoms with Crippen molar-refractivity contribution >= 4 is 16.0 Å². The molecule has 0 aliphatic heterocycles. The van der Waals surface area contributed by atoms with Crippen molar-refractivity contribution in [3.8, 4) is 0 Å². The van der Waals surface area contributed by atoms with E-state index in [1.54, 1.807) is 12.1 Å². The monoisotopic (exact) mass is 228 g/mol. The highest BCUT2D eigenvalue weighted by Gasteiger charge is 2.14. The molecule has 6 heteroatoms. The highest BCUT2D eigenvalue weighted by Crippen LogP contribution is 2.09. The predicted molar refractivity (Wildman–Crippen MR) is 53.4 cm³/mol. The van der Waals surface area contributed by atoms with Gasteiger partial charge in [-0.05, 0) is 19.1 Å². The van der Waals surface area contributed by atoms with Crippen molar-refractivity contribution < 1.29 is 18.3 Å². The molecular formula is C9H10NO4S. The third-order valence-electron chi connectivity index (χ3n) is 1.67. The van der Waals surface area contributed by atoms with Gasteiger partial charge >= 0.3 is 5.97 Å². The third kappa shape index (κ3) is 3.34. The zero-order valence-corrected chi connectivity index (χ0v) is 8.78. The molecule has 0 atom stereocenters. The van der Waals surface area contributed by atoms with Crippen molar-refractivity contribution in [3.63, 3.8) is 0 Å². The van der Waals surface area contributed by atoms with Crippen LogP contribution in [0.15, 0.2) is 29.2 Å². The lowest BCUT2D eigenvalue weighted by Crippen LogP contribution is -2.24. The SMILES string of the molecule is Cc1ccc(S(=O)(=O)N[CH]C(=O)O)cc1. The van der Waals surface area contributed by atoms with Crippen LogP contribution in [0.25, 0.3) is 0 Å². The number of nitrogens with one attached hydrogen (secondary N) is 1. The number of carboxylic acid groups (broad SMARTS) is 1. The Balaban J connectivity index is 2.87. The van der Waals surface area contributed by atoms with Gasteiger partial charge in [-0.2, -0.15) is 4.72 Å². The minimum Gasteiger partial charge on any atom is -0.480 e. The molecule has 0 bridgehead atoms. The van der Waals surface area contributed by atoms with Crippen LogP contribution >= 0.6 is 0 Å². The molecule has 0 saturated carbocycles. The van der Waals surface area contributed by atoms with E-state index in [2.05, 4.69) is 0 Å². The first kappa shape index (κ1) is 11.7. The molecule has 0 saturated heterocycles. The van der Waals surface area contributed by atoms with Gasteiger partial charge in [-0.3, -0.25) is 4.79 Å². The van der Waals surface area contributed by atoms with Gasteiger partial charge < -0.3 is 5.11 Å². The number of aryl methyl sites for hydroxylation is 1. The van der Waals surface area contributed by atoms with Gasteiger partial charge in [0.05, 0.1) is 4.90 Å². The first-order valence-corrected chi connectivity index (χ1v) is 5.55. The maximum absolute atomic E-state index is 11.4. The summed E-state index contributed by atoms with van der Waals surface area (Å²) >= 11 is 0. The van der Waals surface area contributed by atoms with E-state index in [0.29, 0.717) is 6.54 Å². The lowest BCUT2D eigenvalue weighted by molar-refractivity contribution is -0.133. The molecule has 81 valence electrons. The highest BCUT2D eigenvalue weighted by molar-refractivity contribution is 7.89. The molecule has 1 rings (SSSR count). The van der Waals surface area contributed by atoms with E-state index in [4.69, 9.17) is 5.11 Å². The Morgan fingerprint density at radius 1 is 1.33 bits per heavy atom. The second-order valence-electron chi connectivity index (χ2n) is 2.92. The molecule has 0 aliphatic rings. The Morgan fingerprint density at radius 2 is 1.87 bits per heavy atom. The average Bonchev–Trinajstić information content (AvgIpc) is 2.16. The third-order valence-corrected chi connectivity index (χ3v) is 2.99. The second kappa shape index (κ2) is 4.41. The van der Waals surface area contributed by atoms with Crippen LogP contribution in [-0.4, -0.2) is 19.5 Å². The van der Waals surface area contributed by atoms with Gasteiger partial charge in [0.15, 0.2) is 0 Å². The Bertz CT molecular complexity index is 450. The summed E-state index contributed by atoms with van der Waals surface area (Å²) in [4.78, 5) is 10.2. The summed E-state index contributed by atoms with van der Waals surface area (Å²) in [5.74, 6) is -1.34. The molecule has 5 nitrogen and oxygen atoms in total. The fourth-order valence-corrected chi connectivity index (χ4v) is 1.80. The molecule has 0 amide bonds. The van der Waals surface area contributed by atoms with E-state index in [1.165, 1.54) is 12.1 Å². The molecule has 0 heterocycles. The molecule has 0 spiro atoms. The van der Waals surface area contributed by atoms with Crippen LogP contribution in [0.5, 0.6) is 0 Å². The van der Waals surface area contributed by atoms with E-state index >= 15 is 0 Å². The number of hydrogen-bond acceptors (Lipinski definition) is 3. The quantitative estimate of drug-likeness (QED) is 0.787. The number of carboxylic acids is 1. The Kier molecular flexibility index (Phi) is 3.43. The number of rotatable bonds is 4. The van der Waals surface area contributed by atoms with Gasteiger partial charge in [0, 0.05) is 0 Å². The topological polar surface area (TPSA) is 83.5 Å². The van der Waals surface area contributed by atoms with Crippen LogP contribution in [0.1, 0.15) is 5.56 Å². The molecule has 1 aromatic rings. The largest absolute Gasteiger partial charge is 0.480 e. The van der Waals surface area contributed by atoms with Crippen LogP contribution in [0, 0.1) is 13.5 Å². The highest BCUT2D eigenvalue weighted by atomic mass is 32.2. The fourth-order valence-electron chi connectivity index (χ4n) is 0.913.